The Hall–Kier alpha value is -2.50. The summed E-state index contributed by atoms with van der Waals surface area (Å²) in [5.74, 6) is -1.06. The highest BCUT2D eigenvalue weighted by Crippen LogP contribution is 2.42. The molecule has 1 heterocycles. The van der Waals surface area contributed by atoms with Crippen LogP contribution in [0, 0.1) is 0 Å². The summed E-state index contributed by atoms with van der Waals surface area (Å²) in [6, 6.07) is 9.99. The van der Waals surface area contributed by atoms with Crippen LogP contribution in [0.2, 0.25) is 10.0 Å². The second-order valence-electron chi connectivity index (χ2n) is 7.79. The molecule has 3 rings (SSSR count). The monoisotopic (exact) mass is 461 g/mol. The predicted molar refractivity (Wildman–Crippen MR) is 123 cm³/mol. The lowest BCUT2D eigenvalue weighted by Crippen LogP contribution is -2.30. The van der Waals surface area contributed by atoms with Gasteiger partial charge in [-0.1, -0.05) is 68.2 Å². The summed E-state index contributed by atoms with van der Waals surface area (Å²) in [6.45, 7) is 6.51. The van der Waals surface area contributed by atoms with E-state index >= 15 is 0 Å². The topological polar surface area (TPSA) is 66.8 Å². The first-order valence-corrected chi connectivity index (χ1v) is 10.9. The summed E-state index contributed by atoms with van der Waals surface area (Å²) < 4.78 is 5.15. The van der Waals surface area contributed by atoms with Gasteiger partial charge in [-0.2, -0.15) is 0 Å². The van der Waals surface area contributed by atoms with Gasteiger partial charge in [-0.15, -0.1) is 0 Å². The van der Waals surface area contributed by atoms with Gasteiger partial charge in [0.2, 0.25) is 0 Å². The van der Waals surface area contributed by atoms with Gasteiger partial charge in [0.1, 0.15) is 5.76 Å². The van der Waals surface area contributed by atoms with E-state index in [0.29, 0.717) is 18.9 Å². The average Bonchev–Trinajstić information content (AvgIpc) is 2.98. The molecule has 0 bridgehead atoms. The van der Waals surface area contributed by atoms with E-state index in [0.717, 1.165) is 11.1 Å². The number of halogens is 2. The van der Waals surface area contributed by atoms with E-state index in [9.17, 15) is 14.7 Å². The molecule has 1 fully saturated rings. The van der Waals surface area contributed by atoms with Crippen LogP contribution in [0.1, 0.15) is 55.8 Å². The number of likely N-dealkylation sites (tertiary alicyclic amines) is 1. The van der Waals surface area contributed by atoms with E-state index in [1.807, 2.05) is 31.2 Å². The first-order valence-electron chi connectivity index (χ1n) is 10.1. The van der Waals surface area contributed by atoms with E-state index in [-0.39, 0.29) is 32.7 Å². The molecule has 1 amide bonds. The van der Waals surface area contributed by atoms with Gasteiger partial charge in [-0.3, -0.25) is 9.59 Å². The first-order chi connectivity index (χ1) is 14.7. The molecule has 1 unspecified atom stereocenters. The molecule has 2 aromatic carbocycles. The number of aliphatic hydroxyl groups excluding tert-OH is 1. The maximum Gasteiger partial charge on any atom is 0.295 e. The summed E-state index contributed by atoms with van der Waals surface area (Å²) in [7, 11) is 1.43. The Labute approximate surface area is 192 Å². The summed E-state index contributed by atoms with van der Waals surface area (Å²) in [5.41, 5.74) is 2.16. The van der Waals surface area contributed by atoms with Crippen molar-refractivity contribution in [2.24, 2.45) is 0 Å². The summed E-state index contributed by atoms with van der Waals surface area (Å²) >= 11 is 12.4. The van der Waals surface area contributed by atoms with Crippen molar-refractivity contribution in [3.8, 4) is 5.75 Å². The molecule has 0 aliphatic carbocycles. The van der Waals surface area contributed by atoms with Crippen molar-refractivity contribution >= 4 is 40.7 Å². The second-order valence-corrected chi connectivity index (χ2v) is 8.60. The fourth-order valence-corrected chi connectivity index (χ4v) is 4.45. The molecule has 0 saturated carbocycles. The van der Waals surface area contributed by atoms with Crippen LogP contribution in [0.4, 0.5) is 0 Å². The van der Waals surface area contributed by atoms with Gasteiger partial charge < -0.3 is 14.7 Å². The van der Waals surface area contributed by atoms with E-state index in [2.05, 4.69) is 13.8 Å². The van der Waals surface area contributed by atoms with Gasteiger partial charge in [0.25, 0.3) is 11.7 Å². The largest absolute Gasteiger partial charge is 0.507 e. The van der Waals surface area contributed by atoms with Crippen molar-refractivity contribution in [1.29, 1.82) is 0 Å². The number of nitrogens with zero attached hydrogens (tertiary/aromatic N) is 1. The maximum absolute atomic E-state index is 13.0. The Morgan fingerprint density at radius 2 is 1.71 bits per heavy atom. The third-order valence-corrected chi connectivity index (χ3v) is 5.96. The summed E-state index contributed by atoms with van der Waals surface area (Å²) in [5, 5.41) is 11.5. The Balaban J connectivity index is 2.19. The van der Waals surface area contributed by atoms with Crippen LogP contribution < -0.4 is 4.74 Å². The molecule has 7 heteroatoms. The Bertz CT molecular complexity index is 1020. The van der Waals surface area contributed by atoms with Crippen LogP contribution in [0.5, 0.6) is 5.75 Å². The SMILES string of the molecule is CCCN1C(=O)C(=O)/C(=C(/O)c2cc(Cl)c(OC)c(Cl)c2)C1c1ccc(C(C)C)cc1. The van der Waals surface area contributed by atoms with Crippen LogP contribution in [0.15, 0.2) is 42.0 Å². The molecule has 1 aliphatic rings. The minimum Gasteiger partial charge on any atom is -0.507 e. The number of amides is 1. The lowest BCUT2D eigenvalue weighted by molar-refractivity contribution is -0.139. The number of ketones is 1. The minimum absolute atomic E-state index is 0.0213. The third kappa shape index (κ3) is 4.30. The summed E-state index contributed by atoms with van der Waals surface area (Å²) in [6.07, 6.45) is 0.674. The number of carbonyl (C=O) groups excluding carboxylic acids is 2. The van der Waals surface area contributed by atoms with Crippen LogP contribution in [0.3, 0.4) is 0 Å². The fourth-order valence-electron chi connectivity index (χ4n) is 3.81. The normalized spacial score (nSPS) is 18.2. The number of hydrogen-bond acceptors (Lipinski definition) is 4. The molecule has 1 atom stereocenters. The molecule has 1 saturated heterocycles. The van der Waals surface area contributed by atoms with Gasteiger partial charge in [-0.25, -0.2) is 0 Å². The van der Waals surface area contributed by atoms with E-state index in [1.54, 1.807) is 0 Å². The van der Waals surface area contributed by atoms with Crippen molar-refractivity contribution in [3.05, 3.63) is 68.7 Å². The summed E-state index contributed by atoms with van der Waals surface area (Å²) in [4.78, 5) is 27.3. The van der Waals surface area contributed by atoms with Crippen molar-refractivity contribution in [2.75, 3.05) is 13.7 Å². The van der Waals surface area contributed by atoms with Gasteiger partial charge in [-0.05, 0) is 35.6 Å². The Kier molecular flexibility index (Phi) is 6.97. The molecular weight excluding hydrogens is 437 g/mol. The molecule has 0 spiro atoms. The fraction of sp³-hybridized carbons (Fsp3) is 0.333. The maximum atomic E-state index is 13.0. The highest BCUT2D eigenvalue weighted by Gasteiger charge is 2.45. The minimum atomic E-state index is -0.730. The molecule has 5 nitrogen and oxygen atoms in total. The zero-order chi connectivity index (χ0) is 22.9. The standard InChI is InChI=1S/C24H25Cl2NO4/c1-5-10-27-20(15-8-6-14(7-9-15)13(2)3)19(22(29)24(27)30)21(28)16-11-17(25)23(31-4)18(26)12-16/h6-9,11-13,20,28H,5,10H2,1-4H3/b21-19+. The zero-order valence-electron chi connectivity index (χ0n) is 17.9. The highest BCUT2D eigenvalue weighted by molar-refractivity contribution is 6.46. The van der Waals surface area contributed by atoms with Crippen molar-refractivity contribution in [3.63, 3.8) is 0 Å². The number of hydrogen-bond donors (Lipinski definition) is 1. The second kappa shape index (κ2) is 9.33. The predicted octanol–water partition coefficient (Wildman–Crippen LogP) is 5.96. The number of methoxy groups -OCH3 is 1. The molecule has 2 aromatic rings. The quantitative estimate of drug-likeness (QED) is 0.327. The molecule has 0 radical (unpaired) electrons. The number of aliphatic hydroxyl groups is 1. The smallest absolute Gasteiger partial charge is 0.295 e. The molecule has 1 N–H and O–H groups in total. The van der Waals surface area contributed by atoms with Gasteiger partial charge in [0.05, 0.1) is 28.8 Å². The van der Waals surface area contributed by atoms with Crippen LogP contribution in [0.25, 0.3) is 5.76 Å². The number of ether oxygens (including phenoxy) is 1. The molecule has 0 aromatic heterocycles. The van der Waals surface area contributed by atoms with Crippen LogP contribution in [-0.4, -0.2) is 35.4 Å². The molecular formula is C24H25Cl2NO4. The van der Waals surface area contributed by atoms with Crippen LogP contribution >= 0.6 is 23.2 Å². The van der Waals surface area contributed by atoms with Crippen molar-refractivity contribution in [1.82, 2.24) is 4.90 Å². The Morgan fingerprint density at radius 1 is 1.13 bits per heavy atom. The van der Waals surface area contributed by atoms with E-state index < -0.39 is 17.7 Å². The molecule has 1 aliphatic heterocycles. The lowest BCUT2D eigenvalue weighted by Gasteiger charge is -2.25. The average molecular weight is 462 g/mol. The van der Waals surface area contributed by atoms with Gasteiger partial charge in [0, 0.05) is 12.1 Å². The number of benzene rings is 2. The number of rotatable bonds is 6. The number of carbonyl (C=O) groups is 2. The molecule has 31 heavy (non-hydrogen) atoms. The third-order valence-electron chi connectivity index (χ3n) is 5.40. The Morgan fingerprint density at radius 3 is 2.19 bits per heavy atom. The first kappa shape index (κ1) is 23.2. The number of Topliss-reactive ketones (excluding diaryl/α,β-unsaturated/α-hetero) is 1. The lowest BCUT2D eigenvalue weighted by atomic mass is 9.93. The van der Waals surface area contributed by atoms with Crippen LogP contribution in [-0.2, 0) is 9.59 Å². The van der Waals surface area contributed by atoms with Gasteiger partial charge >= 0.3 is 0 Å². The van der Waals surface area contributed by atoms with E-state index in [4.69, 9.17) is 27.9 Å². The van der Waals surface area contributed by atoms with E-state index in [1.165, 1.54) is 24.1 Å². The van der Waals surface area contributed by atoms with Crippen molar-refractivity contribution < 1.29 is 19.4 Å². The van der Waals surface area contributed by atoms with Crippen molar-refractivity contribution in [2.45, 2.75) is 39.2 Å². The highest BCUT2D eigenvalue weighted by atomic mass is 35.5. The molecule has 164 valence electrons. The zero-order valence-corrected chi connectivity index (χ0v) is 19.4. The van der Waals surface area contributed by atoms with Gasteiger partial charge in [0.15, 0.2) is 5.75 Å².